The molecule has 0 saturated carbocycles. The summed E-state index contributed by atoms with van der Waals surface area (Å²) in [4.78, 5) is 27.4. The fraction of sp³-hybridized carbons (Fsp3) is 0.333. The maximum Gasteiger partial charge on any atom is 0.265 e. The normalized spacial score (nSPS) is 17.5. The summed E-state index contributed by atoms with van der Waals surface area (Å²) in [5.74, 6) is -0.134. The standard InChI is InChI=1S/C18H21N3O2S/c1-19-15-7-3-9-21(12-15)18(23)13-5-2-6-14(11-13)20-17(22)16-8-4-10-24-16/h2,4-6,8,10-11,15,19H,3,7,9,12H2,1H3,(H,20,22). The molecule has 2 N–H and O–H groups in total. The Balaban J connectivity index is 1.70. The molecule has 2 heterocycles. The van der Waals surface area contributed by atoms with Crippen LogP contribution in [0.2, 0.25) is 0 Å². The van der Waals surface area contributed by atoms with Crippen molar-refractivity contribution in [2.45, 2.75) is 18.9 Å². The molecule has 6 heteroatoms. The highest BCUT2D eigenvalue weighted by Crippen LogP contribution is 2.18. The van der Waals surface area contributed by atoms with E-state index in [1.54, 1.807) is 30.3 Å². The molecule has 0 bridgehead atoms. The molecule has 1 aromatic carbocycles. The molecule has 0 aliphatic carbocycles. The van der Waals surface area contributed by atoms with Crippen LogP contribution in [0.15, 0.2) is 41.8 Å². The number of hydrogen-bond acceptors (Lipinski definition) is 4. The predicted molar refractivity (Wildman–Crippen MR) is 96.7 cm³/mol. The first-order valence-corrected chi connectivity index (χ1v) is 8.97. The van der Waals surface area contributed by atoms with Crippen LogP contribution in [0.3, 0.4) is 0 Å². The van der Waals surface area contributed by atoms with Gasteiger partial charge in [0.1, 0.15) is 0 Å². The lowest BCUT2D eigenvalue weighted by Gasteiger charge is -2.32. The molecule has 2 amide bonds. The molecule has 1 aliphatic rings. The number of benzene rings is 1. The van der Waals surface area contributed by atoms with Crippen molar-refractivity contribution in [3.63, 3.8) is 0 Å². The lowest BCUT2D eigenvalue weighted by atomic mass is 10.0. The summed E-state index contributed by atoms with van der Waals surface area (Å²) in [6, 6.07) is 11.1. The number of nitrogens with zero attached hydrogens (tertiary/aromatic N) is 1. The predicted octanol–water partition coefficient (Wildman–Crippen LogP) is 2.82. The molecule has 0 spiro atoms. The van der Waals surface area contributed by atoms with E-state index in [2.05, 4.69) is 10.6 Å². The molecule has 1 aliphatic heterocycles. The molecule has 0 radical (unpaired) electrons. The lowest BCUT2D eigenvalue weighted by Crippen LogP contribution is -2.46. The Hall–Kier alpha value is -2.18. The lowest BCUT2D eigenvalue weighted by molar-refractivity contribution is 0.0698. The summed E-state index contributed by atoms with van der Waals surface area (Å²) < 4.78 is 0. The summed E-state index contributed by atoms with van der Waals surface area (Å²) >= 11 is 1.39. The van der Waals surface area contributed by atoms with Gasteiger partial charge in [-0.05, 0) is 49.5 Å². The van der Waals surface area contributed by atoms with Gasteiger partial charge in [0, 0.05) is 30.4 Å². The fourth-order valence-corrected chi connectivity index (χ4v) is 3.53. The average molecular weight is 343 g/mol. The Morgan fingerprint density at radius 3 is 2.88 bits per heavy atom. The van der Waals surface area contributed by atoms with Gasteiger partial charge in [-0.2, -0.15) is 0 Å². The number of nitrogens with one attached hydrogen (secondary N) is 2. The topological polar surface area (TPSA) is 61.4 Å². The highest BCUT2D eigenvalue weighted by Gasteiger charge is 2.23. The van der Waals surface area contributed by atoms with E-state index in [0.29, 0.717) is 22.2 Å². The van der Waals surface area contributed by atoms with Crippen LogP contribution in [-0.4, -0.2) is 42.9 Å². The van der Waals surface area contributed by atoms with E-state index in [1.807, 2.05) is 23.4 Å². The summed E-state index contributed by atoms with van der Waals surface area (Å²) in [6.07, 6.45) is 2.10. The van der Waals surface area contributed by atoms with E-state index in [-0.39, 0.29) is 11.8 Å². The van der Waals surface area contributed by atoms with Crippen LogP contribution in [0, 0.1) is 0 Å². The number of hydrogen-bond donors (Lipinski definition) is 2. The highest BCUT2D eigenvalue weighted by molar-refractivity contribution is 7.12. The maximum absolute atomic E-state index is 12.7. The number of carbonyl (C=O) groups excluding carboxylic acids is 2. The van der Waals surface area contributed by atoms with Crippen LogP contribution in [0.25, 0.3) is 0 Å². The minimum Gasteiger partial charge on any atom is -0.337 e. The van der Waals surface area contributed by atoms with Crippen molar-refractivity contribution in [1.29, 1.82) is 0 Å². The van der Waals surface area contributed by atoms with Crippen LogP contribution < -0.4 is 10.6 Å². The summed E-state index contributed by atoms with van der Waals surface area (Å²) in [5, 5.41) is 7.96. The van der Waals surface area contributed by atoms with Gasteiger partial charge in [-0.25, -0.2) is 0 Å². The van der Waals surface area contributed by atoms with Crippen molar-refractivity contribution in [3.8, 4) is 0 Å². The number of rotatable bonds is 4. The van der Waals surface area contributed by atoms with Gasteiger partial charge in [0.2, 0.25) is 0 Å². The third-order valence-electron chi connectivity index (χ3n) is 4.23. The minimum absolute atomic E-state index is 0.0159. The largest absolute Gasteiger partial charge is 0.337 e. The zero-order valence-electron chi connectivity index (χ0n) is 13.6. The average Bonchev–Trinajstić information content (AvgIpc) is 3.16. The van der Waals surface area contributed by atoms with Crippen LogP contribution in [0.1, 0.15) is 32.9 Å². The second-order valence-corrected chi connectivity index (χ2v) is 6.84. The summed E-state index contributed by atoms with van der Waals surface area (Å²) in [6.45, 7) is 1.50. The Morgan fingerprint density at radius 2 is 2.12 bits per heavy atom. The van der Waals surface area contributed by atoms with E-state index in [9.17, 15) is 9.59 Å². The van der Waals surface area contributed by atoms with E-state index in [1.165, 1.54) is 11.3 Å². The second-order valence-electron chi connectivity index (χ2n) is 5.89. The number of anilines is 1. The van der Waals surface area contributed by atoms with Crippen molar-refractivity contribution >= 4 is 28.8 Å². The van der Waals surface area contributed by atoms with E-state index in [4.69, 9.17) is 0 Å². The molecule has 1 aromatic heterocycles. The van der Waals surface area contributed by atoms with Gasteiger partial charge in [-0.1, -0.05) is 12.1 Å². The first kappa shape index (κ1) is 16.7. The van der Waals surface area contributed by atoms with Gasteiger partial charge in [0.05, 0.1) is 4.88 Å². The molecule has 1 fully saturated rings. The highest BCUT2D eigenvalue weighted by atomic mass is 32.1. The Kier molecular flexibility index (Phi) is 5.27. The maximum atomic E-state index is 12.7. The number of likely N-dealkylation sites (tertiary alicyclic amines) is 1. The molecule has 126 valence electrons. The molecule has 1 unspecified atom stereocenters. The van der Waals surface area contributed by atoms with Gasteiger partial charge in [-0.3, -0.25) is 9.59 Å². The molecular weight excluding hydrogens is 322 g/mol. The molecule has 2 aromatic rings. The van der Waals surface area contributed by atoms with Gasteiger partial charge in [0.15, 0.2) is 0 Å². The molecular formula is C18H21N3O2S. The first-order chi connectivity index (χ1) is 11.7. The van der Waals surface area contributed by atoms with Gasteiger partial charge >= 0.3 is 0 Å². The Bertz CT molecular complexity index is 715. The number of piperidine rings is 1. The Labute approximate surface area is 145 Å². The van der Waals surface area contributed by atoms with Crippen LogP contribution in [-0.2, 0) is 0 Å². The van der Waals surface area contributed by atoms with Crippen molar-refractivity contribution in [1.82, 2.24) is 10.2 Å². The van der Waals surface area contributed by atoms with Crippen molar-refractivity contribution in [2.24, 2.45) is 0 Å². The second kappa shape index (κ2) is 7.59. The van der Waals surface area contributed by atoms with Crippen LogP contribution >= 0.6 is 11.3 Å². The monoisotopic (exact) mass is 343 g/mol. The molecule has 24 heavy (non-hydrogen) atoms. The molecule has 3 rings (SSSR count). The molecule has 1 atom stereocenters. The van der Waals surface area contributed by atoms with Gasteiger partial charge < -0.3 is 15.5 Å². The SMILES string of the molecule is CNC1CCCN(C(=O)c2cccc(NC(=O)c3cccs3)c2)C1. The quantitative estimate of drug-likeness (QED) is 0.897. The first-order valence-electron chi connectivity index (χ1n) is 8.09. The number of amides is 2. The third kappa shape index (κ3) is 3.83. The van der Waals surface area contributed by atoms with E-state index >= 15 is 0 Å². The Morgan fingerprint density at radius 1 is 1.25 bits per heavy atom. The van der Waals surface area contributed by atoms with Crippen molar-refractivity contribution in [2.75, 3.05) is 25.5 Å². The van der Waals surface area contributed by atoms with Crippen molar-refractivity contribution < 1.29 is 9.59 Å². The van der Waals surface area contributed by atoms with Crippen LogP contribution in [0.5, 0.6) is 0 Å². The van der Waals surface area contributed by atoms with E-state index in [0.717, 1.165) is 25.9 Å². The number of carbonyl (C=O) groups is 2. The number of likely N-dealkylation sites (N-methyl/N-ethyl adjacent to an activating group) is 1. The summed E-state index contributed by atoms with van der Waals surface area (Å²) in [5.41, 5.74) is 1.25. The fourth-order valence-electron chi connectivity index (χ4n) is 2.91. The summed E-state index contributed by atoms with van der Waals surface area (Å²) in [7, 11) is 1.93. The molecule has 5 nitrogen and oxygen atoms in total. The third-order valence-corrected chi connectivity index (χ3v) is 5.10. The van der Waals surface area contributed by atoms with Crippen LogP contribution in [0.4, 0.5) is 5.69 Å². The smallest absolute Gasteiger partial charge is 0.265 e. The number of thiophene rings is 1. The zero-order valence-corrected chi connectivity index (χ0v) is 14.4. The van der Waals surface area contributed by atoms with E-state index < -0.39 is 0 Å². The van der Waals surface area contributed by atoms with Crippen molar-refractivity contribution in [3.05, 3.63) is 52.2 Å². The van der Waals surface area contributed by atoms with Gasteiger partial charge in [0.25, 0.3) is 11.8 Å². The molecule has 1 saturated heterocycles. The van der Waals surface area contributed by atoms with Gasteiger partial charge in [-0.15, -0.1) is 11.3 Å². The minimum atomic E-state index is -0.150. The zero-order chi connectivity index (χ0) is 16.9.